The molecule has 0 spiro atoms. The van der Waals surface area contributed by atoms with E-state index in [1.165, 1.54) is 22.9 Å². The van der Waals surface area contributed by atoms with Crippen molar-refractivity contribution < 1.29 is 4.79 Å². The first-order chi connectivity index (χ1) is 15.5. The molecule has 32 heavy (non-hydrogen) atoms. The number of thioether (sulfide) groups is 1. The summed E-state index contributed by atoms with van der Waals surface area (Å²) in [7, 11) is 0. The number of benzene rings is 2. The van der Waals surface area contributed by atoms with Gasteiger partial charge in [0.05, 0.1) is 11.4 Å². The van der Waals surface area contributed by atoms with Gasteiger partial charge in [0.15, 0.2) is 5.16 Å². The Balaban J connectivity index is 1.33. The Bertz CT molecular complexity index is 1090. The summed E-state index contributed by atoms with van der Waals surface area (Å²) in [5.41, 5.74) is 4.59. The molecule has 1 saturated heterocycles. The first-order valence-corrected chi connectivity index (χ1v) is 12.2. The fourth-order valence-electron chi connectivity index (χ4n) is 3.86. The van der Waals surface area contributed by atoms with E-state index in [0.717, 1.165) is 50.4 Å². The summed E-state index contributed by atoms with van der Waals surface area (Å²) in [6.45, 7) is 8.51. The van der Waals surface area contributed by atoms with Crippen molar-refractivity contribution in [3.8, 4) is 5.69 Å². The molecule has 0 atom stereocenters. The van der Waals surface area contributed by atoms with Gasteiger partial charge in [-0.3, -0.25) is 14.3 Å². The molecular formula is C24H28ClN5OS. The number of nitrogens with zero attached hydrogens (tertiary/aromatic N) is 5. The highest BCUT2D eigenvalue weighted by molar-refractivity contribution is 7.99. The Kier molecular flexibility index (Phi) is 7.50. The summed E-state index contributed by atoms with van der Waals surface area (Å²) in [4.78, 5) is 17.3. The van der Waals surface area contributed by atoms with E-state index in [1.807, 2.05) is 34.6 Å². The Morgan fingerprint density at radius 3 is 2.72 bits per heavy atom. The molecular weight excluding hydrogens is 442 g/mol. The molecule has 0 N–H and O–H groups in total. The molecule has 168 valence electrons. The highest BCUT2D eigenvalue weighted by Crippen LogP contribution is 2.24. The van der Waals surface area contributed by atoms with E-state index in [4.69, 9.17) is 11.6 Å². The van der Waals surface area contributed by atoms with Gasteiger partial charge in [0, 0.05) is 37.7 Å². The minimum absolute atomic E-state index is 0.143. The average molecular weight is 470 g/mol. The van der Waals surface area contributed by atoms with E-state index in [-0.39, 0.29) is 5.91 Å². The lowest BCUT2D eigenvalue weighted by Crippen LogP contribution is -2.36. The number of carbonyl (C=O) groups is 1. The normalized spacial score (nSPS) is 15.0. The third-order valence-electron chi connectivity index (χ3n) is 5.87. The standard InChI is InChI=1S/C24H28ClN5OS/c1-18-6-3-4-7-20(18)15-28-10-5-11-29(13-12-28)23(31)16-32-24-27-26-17-30(24)21-9-8-19(2)22(25)14-21/h3-4,6-9,14,17H,5,10-13,15-16H2,1-2H3. The average Bonchev–Trinajstić information content (AvgIpc) is 3.13. The second-order valence-electron chi connectivity index (χ2n) is 8.14. The van der Waals surface area contributed by atoms with Crippen LogP contribution in [0.5, 0.6) is 0 Å². The van der Waals surface area contributed by atoms with Crippen molar-refractivity contribution in [3.05, 3.63) is 70.5 Å². The van der Waals surface area contributed by atoms with Gasteiger partial charge in [-0.05, 0) is 49.1 Å². The van der Waals surface area contributed by atoms with E-state index in [2.05, 4.69) is 46.3 Å². The van der Waals surface area contributed by atoms with Crippen LogP contribution in [0.25, 0.3) is 5.69 Å². The van der Waals surface area contributed by atoms with Crippen LogP contribution in [0, 0.1) is 13.8 Å². The molecule has 1 amide bonds. The lowest BCUT2D eigenvalue weighted by Gasteiger charge is -2.22. The van der Waals surface area contributed by atoms with Gasteiger partial charge in [-0.25, -0.2) is 0 Å². The molecule has 2 heterocycles. The number of aromatic nitrogens is 3. The van der Waals surface area contributed by atoms with Gasteiger partial charge >= 0.3 is 0 Å². The van der Waals surface area contributed by atoms with E-state index >= 15 is 0 Å². The largest absolute Gasteiger partial charge is 0.341 e. The second kappa shape index (κ2) is 10.5. The number of aryl methyl sites for hydroxylation is 2. The highest BCUT2D eigenvalue weighted by Gasteiger charge is 2.20. The van der Waals surface area contributed by atoms with Crippen LogP contribution in [-0.4, -0.2) is 62.4 Å². The van der Waals surface area contributed by atoms with Gasteiger partial charge in [0.2, 0.25) is 5.91 Å². The summed E-state index contributed by atoms with van der Waals surface area (Å²) in [6.07, 6.45) is 2.64. The number of hydrogen-bond acceptors (Lipinski definition) is 5. The maximum Gasteiger partial charge on any atom is 0.233 e. The van der Waals surface area contributed by atoms with E-state index < -0.39 is 0 Å². The van der Waals surface area contributed by atoms with Crippen LogP contribution < -0.4 is 0 Å². The zero-order chi connectivity index (χ0) is 22.5. The number of amides is 1. The van der Waals surface area contributed by atoms with Gasteiger partial charge < -0.3 is 4.90 Å². The number of rotatable bonds is 6. The fraction of sp³-hybridized carbons (Fsp3) is 0.375. The number of carbonyl (C=O) groups excluding carboxylic acids is 1. The molecule has 0 radical (unpaired) electrons. The summed E-state index contributed by atoms with van der Waals surface area (Å²) >= 11 is 7.69. The van der Waals surface area contributed by atoms with Crippen LogP contribution in [0.1, 0.15) is 23.1 Å². The second-order valence-corrected chi connectivity index (χ2v) is 9.49. The van der Waals surface area contributed by atoms with E-state index in [0.29, 0.717) is 15.9 Å². The fourth-order valence-corrected chi connectivity index (χ4v) is 4.86. The summed E-state index contributed by atoms with van der Waals surface area (Å²) in [6, 6.07) is 14.4. The summed E-state index contributed by atoms with van der Waals surface area (Å²) in [5, 5.41) is 9.62. The van der Waals surface area contributed by atoms with Crippen LogP contribution in [0.3, 0.4) is 0 Å². The van der Waals surface area contributed by atoms with Gasteiger partial charge in [-0.2, -0.15) is 0 Å². The number of hydrogen-bond donors (Lipinski definition) is 0. The molecule has 1 fully saturated rings. The van der Waals surface area contributed by atoms with Crippen molar-refractivity contribution in [1.29, 1.82) is 0 Å². The van der Waals surface area contributed by atoms with Crippen molar-refractivity contribution in [2.24, 2.45) is 0 Å². The molecule has 1 aromatic heterocycles. The maximum atomic E-state index is 12.9. The van der Waals surface area contributed by atoms with Crippen molar-refractivity contribution in [2.75, 3.05) is 31.9 Å². The maximum absolute atomic E-state index is 12.9. The van der Waals surface area contributed by atoms with Gasteiger partial charge in [-0.15, -0.1) is 10.2 Å². The Morgan fingerprint density at radius 2 is 1.91 bits per heavy atom. The quantitative estimate of drug-likeness (QED) is 0.502. The minimum atomic E-state index is 0.143. The Hall–Kier alpha value is -2.35. The van der Waals surface area contributed by atoms with Crippen molar-refractivity contribution >= 4 is 29.3 Å². The molecule has 0 aliphatic carbocycles. The molecule has 0 saturated carbocycles. The predicted octanol–water partition coefficient (Wildman–Crippen LogP) is 4.36. The van der Waals surface area contributed by atoms with Crippen molar-refractivity contribution in [1.82, 2.24) is 24.6 Å². The molecule has 0 unspecified atom stereocenters. The zero-order valence-electron chi connectivity index (χ0n) is 18.5. The summed E-state index contributed by atoms with van der Waals surface area (Å²) < 4.78 is 1.87. The SMILES string of the molecule is Cc1ccc(-n2cnnc2SCC(=O)N2CCCN(Cc3ccccc3C)CC2)cc1Cl. The molecule has 4 rings (SSSR count). The minimum Gasteiger partial charge on any atom is -0.341 e. The number of halogens is 1. The highest BCUT2D eigenvalue weighted by atomic mass is 35.5. The molecule has 0 bridgehead atoms. The molecule has 3 aromatic rings. The Morgan fingerprint density at radius 1 is 1.06 bits per heavy atom. The third-order valence-corrected chi connectivity index (χ3v) is 7.21. The van der Waals surface area contributed by atoms with E-state index in [9.17, 15) is 4.79 Å². The topological polar surface area (TPSA) is 54.3 Å². The van der Waals surface area contributed by atoms with Gasteiger partial charge in [0.1, 0.15) is 6.33 Å². The molecule has 1 aliphatic heterocycles. The van der Waals surface area contributed by atoms with Gasteiger partial charge in [0.25, 0.3) is 0 Å². The molecule has 1 aliphatic rings. The summed E-state index contributed by atoms with van der Waals surface area (Å²) in [5.74, 6) is 0.486. The van der Waals surface area contributed by atoms with Crippen LogP contribution in [0.2, 0.25) is 5.02 Å². The van der Waals surface area contributed by atoms with Crippen LogP contribution in [0.4, 0.5) is 0 Å². The smallest absolute Gasteiger partial charge is 0.233 e. The van der Waals surface area contributed by atoms with Crippen LogP contribution >= 0.6 is 23.4 Å². The molecule has 6 nitrogen and oxygen atoms in total. The zero-order valence-corrected chi connectivity index (χ0v) is 20.1. The Labute approximate surface area is 198 Å². The van der Waals surface area contributed by atoms with Crippen molar-refractivity contribution in [2.45, 2.75) is 32.0 Å². The van der Waals surface area contributed by atoms with Crippen LogP contribution in [0.15, 0.2) is 53.9 Å². The van der Waals surface area contributed by atoms with Crippen molar-refractivity contribution in [3.63, 3.8) is 0 Å². The first kappa shape index (κ1) is 22.8. The third kappa shape index (κ3) is 5.52. The lowest BCUT2D eigenvalue weighted by molar-refractivity contribution is -0.128. The van der Waals surface area contributed by atoms with Gasteiger partial charge in [-0.1, -0.05) is 53.7 Å². The monoisotopic (exact) mass is 469 g/mol. The predicted molar refractivity (Wildman–Crippen MR) is 129 cm³/mol. The van der Waals surface area contributed by atoms with Crippen LogP contribution in [-0.2, 0) is 11.3 Å². The molecule has 2 aromatic carbocycles. The first-order valence-electron chi connectivity index (χ1n) is 10.9. The lowest BCUT2D eigenvalue weighted by atomic mass is 10.1. The molecule has 8 heteroatoms. The van der Waals surface area contributed by atoms with E-state index in [1.54, 1.807) is 6.33 Å².